The lowest BCUT2D eigenvalue weighted by atomic mass is 10.2. The Hall–Kier alpha value is -1.89. The molecule has 0 spiro atoms. The maximum absolute atomic E-state index is 12.0. The summed E-state index contributed by atoms with van der Waals surface area (Å²) in [5.41, 5.74) is 7.09. The van der Waals surface area contributed by atoms with Crippen LogP contribution in [0.5, 0.6) is 0 Å². The number of hydrogen-bond acceptors (Lipinski definition) is 5. The predicted molar refractivity (Wildman–Crippen MR) is 70.4 cm³/mol. The maximum atomic E-state index is 12.0. The van der Waals surface area contributed by atoms with Crippen LogP contribution in [-0.4, -0.2) is 20.7 Å². The number of carbonyl (C=O) groups is 1. The highest BCUT2D eigenvalue weighted by atomic mass is 32.1. The molecule has 2 heterocycles. The smallest absolute Gasteiger partial charge is 0.257 e. The average Bonchev–Trinajstić information content (AvgIpc) is 2.87. The van der Waals surface area contributed by atoms with Crippen molar-refractivity contribution in [2.24, 2.45) is 7.05 Å². The zero-order valence-corrected chi connectivity index (χ0v) is 11.3. The highest BCUT2D eigenvalue weighted by molar-refractivity contribution is 7.09. The first-order chi connectivity index (χ1) is 8.49. The molecule has 0 radical (unpaired) electrons. The minimum atomic E-state index is -0.235. The molecule has 0 aliphatic rings. The molecule has 0 saturated carbocycles. The van der Waals surface area contributed by atoms with Gasteiger partial charge in [0.2, 0.25) is 0 Å². The Labute approximate surface area is 109 Å². The summed E-state index contributed by atoms with van der Waals surface area (Å²) in [6.45, 7) is 3.82. The van der Waals surface area contributed by atoms with Gasteiger partial charge in [0.05, 0.1) is 12.2 Å². The molecule has 0 bridgehead atoms. The number of anilines is 1. The summed E-state index contributed by atoms with van der Waals surface area (Å²) in [5, 5.41) is 9.63. The zero-order chi connectivity index (χ0) is 13.3. The predicted octanol–water partition coefficient (Wildman–Crippen LogP) is 1.26. The van der Waals surface area contributed by atoms with Crippen LogP contribution >= 0.6 is 11.3 Å². The van der Waals surface area contributed by atoms with E-state index in [0.717, 1.165) is 10.7 Å². The molecule has 7 heteroatoms. The van der Waals surface area contributed by atoms with Gasteiger partial charge in [-0.15, -0.1) is 11.3 Å². The van der Waals surface area contributed by atoms with Gasteiger partial charge in [-0.05, 0) is 13.8 Å². The molecule has 0 aliphatic heterocycles. The van der Waals surface area contributed by atoms with Crippen LogP contribution in [0.15, 0.2) is 11.6 Å². The standard InChI is InChI=1S/C11H15N5OS/c1-6-5-18-11(14-6)7(2)15-10(17)8-4-13-16(3)9(8)12/h4-5,7H,12H2,1-3H3,(H,15,17). The van der Waals surface area contributed by atoms with Crippen molar-refractivity contribution in [1.82, 2.24) is 20.1 Å². The molecule has 1 amide bonds. The number of nitrogen functional groups attached to an aromatic ring is 1. The summed E-state index contributed by atoms with van der Waals surface area (Å²) in [6, 6.07) is -0.143. The normalized spacial score (nSPS) is 12.4. The van der Waals surface area contributed by atoms with Crippen molar-refractivity contribution in [3.8, 4) is 0 Å². The number of amides is 1. The summed E-state index contributed by atoms with van der Waals surface area (Å²) >= 11 is 1.53. The van der Waals surface area contributed by atoms with Crippen molar-refractivity contribution in [2.75, 3.05) is 5.73 Å². The highest BCUT2D eigenvalue weighted by Crippen LogP contribution is 2.18. The van der Waals surface area contributed by atoms with Gasteiger partial charge in [0.1, 0.15) is 16.4 Å². The van der Waals surface area contributed by atoms with Crippen LogP contribution in [0.1, 0.15) is 34.0 Å². The Morgan fingerprint density at radius 3 is 2.83 bits per heavy atom. The van der Waals surface area contributed by atoms with Crippen LogP contribution in [0.2, 0.25) is 0 Å². The fraction of sp³-hybridized carbons (Fsp3) is 0.364. The van der Waals surface area contributed by atoms with Gasteiger partial charge in [-0.3, -0.25) is 9.48 Å². The third-order valence-corrected chi connectivity index (χ3v) is 3.73. The molecule has 2 aromatic heterocycles. The van der Waals surface area contributed by atoms with E-state index in [0.29, 0.717) is 11.4 Å². The lowest BCUT2D eigenvalue weighted by molar-refractivity contribution is 0.0940. The first kappa shape index (κ1) is 12.6. The lowest BCUT2D eigenvalue weighted by Crippen LogP contribution is -2.27. The number of nitrogens with two attached hydrogens (primary N) is 1. The SMILES string of the molecule is Cc1csc(C(C)NC(=O)c2cnn(C)c2N)n1. The van der Waals surface area contributed by atoms with Crippen molar-refractivity contribution >= 4 is 23.1 Å². The van der Waals surface area contributed by atoms with Crippen LogP contribution in [0.25, 0.3) is 0 Å². The number of rotatable bonds is 3. The summed E-state index contributed by atoms with van der Waals surface area (Å²) in [5.74, 6) is 0.121. The molecule has 0 fully saturated rings. The van der Waals surface area contributed by atoms with Gasteiger partial charge in [0, 0.05) is 18.1 Å². The van der Waals surface area contributed by atoms with Gasteiger partial charge in [-0.1, -0.05) is 0 Å². The summed E-state index contributed by atoms with van der Waals surface area (Å²) in [4.78, 5) is 16.3. The van der Waals surface area contributed by atoms with Crippen LogP contribution in [-0.2, 0) is 7.05 Å². The second-order valence-electron chi connectivity index (χ2n) is 4.09. The minimum Gasteiger partial charge on any atom is -0.383 e. The largest absolute Gasteiger partial charge is 0.383 e. The third-order valence-electron chi connectivity index (χ3n) is 2.58. The molecule has 96 valence electrons. The second kappa shape index (κ2) is 4.77. The first-order valence-corrected chi connectivity index (χ1v) is 6.37. The van der Waals surface area contributed by atoms with E-state index in [2.05, 4.69) is 15.4 Å². The Morgan fingerprint density at radius 1 is 1.61 bits per heavy atom. The number of aryl methyl sites for hydroxylation is 2. The van der Waals surface area contributed by atoms with Crippen molar-refractivity contribution in [1.29, 1.82) is 0 Å². The van der Waals surface area contributed by atoms with E-state index in [1.807, 2.05) is 19.2 Å². The van der Waals surface area contributed by atoms with E-state index in [1.165, 1.54) is 22.2 Å². The van der Waals surface area contributed by atoms with Crippen LogP contribution < -0.4 is 11.1 Å². The van der Waals surface area contributed by atoms with E-state index in [4.69, 9.17) is 5.73 Å². The lowest BCUT2D eigenvalue weighted by Gasteiger charge is -2.10. The van der Waals surface area contributed by atoms with Crippen LogP contribution in [0.3, 0.4) is 0 Å². The van der Waals surface area contributed by atoms with Gasteiger partial charge >= 0.3 is 0 Å². The summed E-state index contributed by atoms with van der Waals surface area (Å²) in [7, 11) is 1.69. The molecule has 3 N–H and O–H groups in total. The molecule has 0 saturated heterocycles. The summed E-state index contributed by atoms with van der Waals surface area (Å²) in [6.07, 6.45) is 1.46. The first-order valence-electron chi connectivity index (χ1n) is 5.49. The molecule has 18 heavy (non-hydrogen) atoms. The molecule has 2 rings (SSSR count). The van der Waals surface area contributed by atoms with E-state index >= 15 is 0 Å². The number of aromatic nitrogens is 3. The maximum Gasteiger partial charge on any atom is 0.257 e. The number of nitrogens with zero attached hydrogens (tertiary/aromatic N) is 3. The van der Waals surface area contributed by atoms with Gasteiger partial charge in [-0.25, -0.2) is 4.98 Å². The molecule has 1 atom stereocenters. The zero-order valence-electron chi connectivity index (χ0n) is 10.5. The Balaban J connectivity index is 2.10. The average molecular weight is 265 g/mol. The Kier molecular flexibility index (Phi) is 3.33. The molecule has 0 aliphatic carbocycles. The van der Waals surface area contributed by atoms with Gasteiger partial charge < -0.3 is 11.1 Å². The van der Waals surface area contributed by atoms with Gasteiger partial charge in [0.25, 0.3) is 5.91 Å². The number of thiazole rings is 1. The van der Waals surface area contributed by atoms with Crippen LogP contribution in [0, 0.1) is 6.92 Å². The van der Waals surface area contributed by atoms with Crippen molar-refractivity contribution in [3.05, 3.63) is 27.8 Å². The second-order valence-corrected chi connectivity index (χ2v) is 4.98. The fourth-order valence-corrected chi connectivity index (χ4v) is 2.33. The Morgan fingerprint density at radius 2 is 2.33 bits per heavy atom. The molecule has 0 aromatic carbocycles. The number of carbonyl (C=O) groups excluding carboxylic acids is 1. The monoisotopic (exact) mass is 265 g/mol. The highest BCUT2D eigenvalue weighted by Gasteiger charge is 2.17. The van der Waals surface area contributed by atoms with E-state index in [-0.39, 0.29) is 11.9 Å². The number of nitrogens with one attached hydrogen (secondary N) is 1. The summed E-state index contributed by atoms with van der Waals surface area (Å²) < 4.78 is 1.47. The topological polar surface area (TPSA) is 85.8 Å². The van der Waals surface area contributed by atoms with Gasteiger partial charge in [-0.2, -0.15) is 5.10 Å². The molecule has 6 nitrogen and oxygen atoms in total. The van der Waals surface area contributed by atoms with E-state index < -0.39 is 0 Å². The van der Waals surface area contributed by atoms with Crippen LogP contribution in [0.4, 0.5) is 5.82 Å². The fourth-order valence-electron chi connectivity index (χ4n) is 1.53. The van der Waals surface area contributed by atoms with Crippen molar-refractivity contribution in [2.45, 2.75) is 19.9 Å². The molecular formula is C11H15N5OS. The Bertz CT molecular complexity index is 574. The third kappa shape index (κ3) is 2.35. The van der Waals surface area contributed by atoms with Gasteiger partial charge in [0.15, 0.2) is 0 Å². The molecule has 2 aromatic rings. The number of hydrogen-bond donors (Lipinski definition) is 2. The van der Waals surface area contributed by atoms with E-state index in [1.54, 1.807) is 7.05 Å². The van der Waals surface area contributed by atoms with Crippen molar-refractivity contribution < 1.29 is 4.79 Å². The van der Waals surface area contributed by atoms with E-state index in [9.17, 15) is 4.79 Å². The molecular weight excluding hydrogens is 250 g/mol. The minimum absolute atomic E-state index is 0.143. The van der Waals surface area contributed by atoms with Crippen molar-refractivity contribution in [3.63, 3.8) is 0 Å². The quantitative estimate of drug-likeness (QED) is 0.874. The molecule has 1 unspecified atom stereocenters.